The summed E-state index contributed by atoms with van der Waals surface area (Å²) < 4.78 is 15.9. The normalized spacial score (nSPS) is 11.1. The van der Waals surface area contributed by atoms with Crippen molar-refractivity contribution in [3.63, 3.8) is 0 Å². The van der Waals surface area contributed by atoms with E-state index in [1.165, 1.54) is 11.8 Å². The Balaban J connectivity index is 1.69. The van der Waals surface area contributed by atoms with E-state index in [2.05, 4.69) is 46.7 Å². The van der Waals surface area contributed by atoms with E-state index in [0.29, 0.717) is 40.1 Å². The summed E-state index contributed by atoms with van der Waals surface area (Å²) in [6, 6.07) is 13.3. The maximum Gasteiger partial charge on any atom is 0.289 e. The zero-order valence-corrected chi connectivity index (χ0v) is 18.9. The summed E-state index contributed by atoms with van der Waals surface area (Å²) in [5.41, 5.74) is 6.33. The topological polar surface area (TPSA) is 97.8 Å². The van der Waals surface area contributed by atoms with Gasteiger partial charge in [-0.3, -0.25) is 9.89 Å². The van der Waals surface area contributed by atoms with E-state index in [1.807, 2.05) is 12.1 Å². The van der Waals surface area contributed by atoms with Crippen LogP contribution >= 0.6 is 0 Å². The molecule has 1 amide bonds. The fraction of sp³-hybridized carbons (Fsp3) is 0.292. The van der Waals surface area contributed by atoms with Crippen LogP contribution in [0, 0.1) is 5.92 Å². The first-order valence-electron chi connectivity index (χ1n) is 10.2. The van der Waals surface area contributed by atoms with E-state index in [1.54, 1.807) is 39.5 Å². The molecule has 8 nitrogen and oxygen atoms in total. The standard InChI is InChI=1S/C24H28N4O4/c1-15(2)10-16-6-8-17(9-7-16)19-12-20(27-26-19)24(29)28-25-14-18-11-22(31-4)23(32-5)13-21(18)30-3/h6-9,11-15H,10H2,1-5H3,(H,26,27)(H,28,29)/b25-14+. The molecule has 0 radical (unpaired) electrons. The Hall–Kier alpha value is -3.81. The first-order valence-corrected chi connectivity index (χ1v) is 10.2. The molecule has 0 aliphatic rings. The molecule has 8 heteroatoms. The van der Waals surface area contributed by atoms with Gasteiger partial charge in [0.05, 0.1) is 33.2 Å². The molecular weight excluding hydrogens is 408 g/mol. The Morgan fingerprint density at radius 1 is 1.03 bits per heavy atom. The molecule has 0 fully saturated rings. The van der Waals surface area contributed by atoms with E-state index < -0.39 is 5.91 Å². The van der Waals surface area contributed by atoms with Gasteiger partial charge in [0.15, 0.2) is 11.5 Å². The number of carbonyl (C=O) groups excluding carboxylic acids is 1. The monoisotopic (exact) mass is 436 g/mol. The number of hydrazone groups is 1. The lowest BCUT2D eigenvalue weighted by atomic mass is 10.0. The van der Waals surface area contributed by atoms with Crippen molar-refractivity contribution in [1.82, 2.24) is 15.6 Å². The summed E-state index contributed by atoms with van der Waals surface area (Å²) in [6.07, 6.45) is 2.50. The molecule has 3 aromatic rings. The van der Waals surface area contributed by atoms with Crippen LogP contribution in [0.15, 0.2) is 47.6 Å². The molecule has 0 spiro atoms. The van der Waals surface area contributed by atoms with Gasteiger partial charge in [0.2, 0.25) is 0 Å². The third kappa shape index (κ3) is 5.46. The number of nitrogens with zero attached hydrogens (tertiary/aromatic N) is 2. The van der Waals surface area contributed by atoms with Gasteiger partial charge in [-0.1, -0.05) is 38.1 Å². The van der Waals surface area contributed by atoms with E-state index in [9.17, 15) is 4.79 Å². The number of amides is 1. The van der Waals surface area contributed by atoms with Crippen molar-refractivity contribution in [2.45, 2.75) is 20.3 Å². The molecule has 0 saturated carbocycles. The number of aromatic amines is 1. The SMILES string of the molecule is COc1cc(OC)c(OC)cc1/C=N/NC(=O)c1cc(-c2ccc(CC(C)C)cc2)n[nH]1. The van der Waals surface area contributed by atoms with E-state index in [4.69, 9.17) is 14.2 Å². The van der Waals surface area contributed by atoms with Crippen LogP contribution in [0.5, 0.6) is 17.2 Å². The molecule has 0 unspecified atom stereocenters. The van der Waals surface area contributed by atoms with Gasteiger partial charge < -0.3 is 14.2 Å². The van der Waals surface area contributed by atoms with Crippen molar-refractivity contribution in [1.29, 1.82) is 0 Å². The number of benzene rings is 2. The molecule has 168 valence electrons. The Kier molecular flexibility index (Phi) is 7.49. The second-order valence-corrected chi connectivity index (χ2v) is 7.61. The zero-order chi connectivity index (χ0) is 23.1. The van der Waals surface area contributed by atoms with Gasteiger partial charge in [0.1, 0.15) is 11.4 Å². The lowest BCUT2D eigenvalue weighted by Gasteiger charge is -2.11. The minimum atomic E-state index is -0.407. The van der Waals surface area contributed by atoms with Gasteiger partial charge in [-0.2, -0.15) is 10.2 Å². The molecule has 1 aromatic heterocycles. The van der Waals surface area contributed by atoms with Crippen LogP contribution in [-0.4, -0.2) is 43.6 Å². The smallest absolute Gasteiger partial charge is 0.289 e. The fourth-order valence-corrected chi connectivity index (χ4v) is 3.24. The summed E-state index contributed by atoms with van der Waals surface area (Å²) in [5, 5.41) is 11.0. The molecule has 1 heterocycles. The van der Waals surface area contributed by atoms with Crippen LogP contribution in [0.2, 0.25) is 0 Å². The highest BCUT2D eigenvalue weighted by molar-refractivity contribution is 5.94. The van der Waals surface area contributed by atoms with Crippen LogP contribution in [0.3, 0.4) is 0 Å². The molecular formula is C24H28N4O4. The average molecular weight is 437 g/mol. The number of hydrogen-bond donors (Lipinski definition) is 2. The Bertz CT molecular complexity index is 1090. The van der Waals surface area contributed by atoms with Crippen molar-refractivity contribution in [3.8, 4) is 28.5 Å². The summed E-state index contributed by atoms with van der Waals surface area (Å²) in [6.45, 7) is 4.38. The number of methoxy groups -OCH3 is 3. The summed E-state index contributed by atoms with van der Waals surface area (Å²) in [7, 11) is 4.63. The third-order valence-corrected chi connectivity index (χ3v) is 4.82. The lowest BCUT2D eigenvalue weighted by Crippen LogP contribution is -2.18. The Morgan fingerprint density at radius 2 is 1.69 bits per heavy atom. The highest BCUT2D eigenvalue weighted by Gasteiger charge is 2.12. The van der Waals surface area contributed by atoms with Crippen molar-refractivity contribution >= 4 is 12.1 Å². The second kappa shape index (κ2) is 10.5. The van der Waals surface area contributed by atoms with Crippen LogP contribution in [0.25, 0.3) is 11.3 Å². The van der Waals surface area contributed by atoms with E-state index in [0.717, 1.165) is 12.0 Å². The molecule has 0 aliphatic carbocycles. The molecule has 32 heavy (non-hydrogen) atoms. The van der Waals surface area contributed by atoms with Crippen molar-refractivity contribution in [3.05, 3.63) is 59.3 Å². The maximum absolute atomic E-state index is 12.5. The predicted octanol–water partition coefficient (Wildman–Crippen LogP) is 4.06. The van der Waals surface area contributed by atoms with Gasteiger partial charge in [-0.25, -0.2) is 5.43 Å². The van der Waals surface area contributed by atoms with Gasteiger partial charge in [0, 0.05) is 17.2 Å². The third-order valence-electron chi connectivity index (χ3n) is 4.82. The van der Waals surface area contributed by atoms with Crippen molar-refractivity contribution in [2.75, 3.05) is 21.3 Å². The van der Waals surface area contributed by atoms with Gasteiger partial charge in [-0.05, 0) is 30.0 Å². The number of H-pyrrole nitrogens is 1. The molecule has 0 aliphatic heterocycles. The first kappa shape index (κ1) is 22.9. The van der Waals surface area contributed by atoms with Gasteiger partial charge >= 0.3 is 0 Å². The highest BCUT2D eigenvalue weighted by atomic mass is 16.5. The summed E-state index contributed by atoms with van der Waals surface area (Å²) in [5.74, 6) is 1.79. The minimum Gasteiger partial charge on any atom is -0.496 e. The average Bonchev–Trinajstić information content (AvgIpc) is 3.29. The van der Waals surface area contributed by atoms with Crippen LogP contribution in [0.1, 0.15) is 35.5 Å². The number of hydrogen-bond acceptors (Lipinski definition) is 6. The van der Waals surface area contributed by atoms with Crippen LogP contribution in [0.4, 0.5) is 0 Å². The minimum absolute atomic E-state index is 0.308. The number of aromatic nitrogens is 2. The highest BCUT2D eigenvalue weighted by Crippen LogP contribution is 2.33. The number of ether oxygens (including phenoxy) is 3. The van der Waals surface area contributed by atoms with E-state index >= 15 is 0 Å². The molecule has 2 aromatic carbocycles. The fourth-order valence-electron chi connectivity index (χ4n) is 3.24. The molecule has 3 rings (SSSR count). The number of rotatable bonds is 9. The van der Waals surface area contributed by atoms with Crippen LogP contribution in [-0.2, 0) is 6.42 Å². The Morgan fingerprint density at radius 3 is 2.31 bits per heavy atom. The Labute approximate surface area is 187 Å². The lowest BCUT2D eigenvalue weighted by molar-refractivity contribution is 0.0950. The quantitative estimate of drug-likeness (QED) is 0.389. The van der Waals surface area contributed by atoms with Crippen molar-refractivity contribution < 1.29 is 19.0 Å². The molecule has 0 atom stereocenters. The summed E-state index contributed by atoms with van der Waals surface area (Å²) >= 11 is 0. The van der Waals surface area contributed by atoms with Gasteiger partial charge in [0.25, 0.3) is 5.91 Å². The number of nitrogens with one attached hydrogen (secondary N) is 2. The molecule has 0 saturated heterocycles. The summed E-state index contributed by atoms with van der Waals surface area (Å²) in [4.78, 5) is 12.5. The number of carbonyl (C=O) groups is 1. The predicted molar refractivity (Wildman–Crippen MR) is 124 cm³/mol. The van der Waals surface area contributed by atoms with Gasteiger partial charge in [-0.15, -0.1) is 0 Å². The first-order chi connectivity index (χ1) is 15.4. The van der Waals surface area contributed by atoms with Crippen LogP contribution < -0.4 is 19.6 Å². The molecule has 2 N–H and O–H groups in total. The van der Waals surface area contributed by atoms with Crippen molar-refractivity contribution in [2.24, 2.45) is 11.0 Å². The zero-order valence-electron chi connectivity index (χ0n) is 18.9. The second-order valence-electron chi connectivity index (χ2n) is 7.61. The maximum atomic E-state index is 12.5. The van der Waals surface area contributed by atoms with E-state index in [-0.39, 0.29) is 0 Å². The largest absolute Gasteiger partial charge is 0.496 e. The molecule has 0 bridgehead atoms.